The minimum absolute atomic E-state index is 0.0356. The maximum Gasteiger partial charge on any atom is 0.239 e. The Balaban J connectivity index is 2.30. The quantitative estimate of drug-likeness (QED) is 0.799. The van der Waals surface area contributed by atoms with E-state index >= 15 is 0 Å². The van der Waals surface area contributed by atoms with E-state index in [1.54, 1.807) is 14.2 Å². The van der Waals surface area contributed by atoms with E-state index in [9.17, 15) is 4.79 Å². The lowest BCUT2D eigenvalue weighted by molar-refractivity contribution is -0.121. The van der Waals surface area contributed by atoms with Gasteiger partial charge in [0, 0.05) is 19.2 Å². The van der Waals surface area contributed by atoms with Crippen LogP contribution in [0.4, 0.5) is 5.69 Å². The highest BCUT2D eigenvalue weighted by Crippen LogP contribution is 2.32. The molecule has 6 nitrogen and oxygen atoms in total. The van der Waals surface area contributed by atoms with E-state index in [4.69, 9.17) is 15.2 Å². The van der Waals surface area contributed by atoms with Crippen molar-refractivity contribution >= 4 is 11.6 Å². The average Bonchev–Trinajstić information content (AvgIpc) is 2.45. The third kappa shape index (κ3) is 2.90. The molecule has 1 aromatic rings. The van der Waals surface area contributed by atoms with Gasteiger partial charge in [-0.1, -0.05) is 0 Å². The molecule has 1 amide bonds. The third-order valence-electron chi connectivity index (χ3n) is 3.15. The second-order valence-corrected chi connectivity index (χ2v) is 4.42. The molecule has 1 fully saturated rings. The minimum atomic E-state index is -0.0443. The molecule has 0 aliphatic carbocycles. The first kappa shape index (κ1) is 13.5. The second kappa shape index (κ2) is 5.79. The van der Waals surface area contributed by atoms with Gasteiger partial charge in [-0.15, -0.1) is 0 Å². The zero-order chi connectivity index (χ0) is 13.8. The molecule has 104 valence electrons. The highest BCUT2D eigenvalue weighted by atomic mass is 16.5. The molecule has 1 aliphatic heterocycles. The minimum Gasteiger partial charge on any atom is -0.497 e. The maximum atomic E-state index is 11.7. The predicted octanol–water partition coefficient (Wildman–Crippen LogP) is -0.0327. The Bertz CT molecular complexity index is 464. The molecule has 1 aromatic carbocycles. The molecule has 1 saturated heterocycles. The van der Waals surface area contributed by atoms with Gasteiger partial charge in [0.1, 0.15) is 11.5 Å². The summed E-state index contributed by atoms with van der Waals surface area (Å²) in [5.41, 5.74) is 6.48. The molecule has 2 rings (SSSR count). The predicted molar refractivity (Wildman–Crippen MR) is 72.7 cm³/mol. The molecule has 0 saturated carbocycles. The van der Waals surface area contributed by atoms with Crippen LogP contribution < -0.4 is 25.4 Å². The van der Waals surface area contributed by atoms with Gasteiger partial charge >= 0.3 is 0 Å². The van der Waals surface area contributed by atoms with Crippen LogP contribution in [0.5, 0.6) is 11.5 Å². The molecule has 0 spiro atoms. The number of piperazine rings is 1. The molecule has 0 bridgehead atoms. The van der Waals surface area contributed by atoms with E-state index in [-0.39, 0.29) is 11.9 Å². The molecule has 3 N–H and O–H groups in total. The Hall–Kier alpha value is -1.95. The molecule has 1 unspecified atom stereocenters. The van der Waals surface area contributed by atoms with E-state index in [0.717, 1.165) is 11.4 Å². The van der Waals surface area contributed by atoms with Crippen molar-refractivity contribution in [2.45, 2.75) is 6.04 Å². The van der Waals surface area contributed by atoms with Gasteiger partial charge in [-0.2, -0.15) is 0 Å². The van der Waals surface area contributed by atoms with E-state index < -0.39 is 0 Å². The number of carbonyl (C=O) groups excluding carboxylic acids is 1. The summed E-state index contributed by atoms with van der Waals surface area (Å²) in [7, 11) is 3.22. The summed E-state index contributed by atoms with van der Waals surface area (Å²) in [5, 5.41) is 2.85. The topological polar surface area (TPSA) is 76.8 Å². The van der Waals surface area contributed by atoms with Crippen LogP contribution in [0, 0.1) is 0 Å². The van der Waals surface area contributed by atoms with Gasteiger partial charge in [0.05, 0.1) is 32.5 Å². The molecule has 0 aromatic heterocycles. The fraction of sp³-hybridized carbons (Fsp3) is 0.462. The number of nitrogens with zero attached hydrogens (tertiary/aromatic N) is 1. The van der Waals surface area contributed by atoms with Crippen LogP contribution in [0.2, 0.25) is 0 Å². The standard InChI is InChI=1S/C13H19N3O3/c1-18-10-3-4-12(19-2)11(5-10)16-7-9(6-14)15-13(17)8-16/h3-5,9H,6-8,14H2,1-2H3,(H,15,17). The van der Waals surface area contributed by atoms with Crippen LogP contribution >= 0.6 is 0 Å². The molecule has 0 radical (unpaired) electrons. The maximum absolute atomic E-state index is 11.7. The number of ether oxygens (including phenoxy) is 2. The van der Waals surface area contributed by atoms with Gasteiger partial charge in [-0.05, 0) is 12.1 Å². The fourth-order valence-corrected chi connectivity index (χ4v) is 2.18. The first-order valence-electron chi connectivity index (χ1n) is 6.14. The fourth-order valence-electron chi connectivity index (χ4n) is 2.18. The van der Waals surface area contributed by atoms with Gasteiger partial charge in [0.25, 0.3) is 0 Å². The van der Waals surface area contributed by atoms with Crippen LogP contribution in [-0.4, -0.2) is 45.8 Å². The summed E-state index contributed by atoms with van der Waals surface area (Å²) in [6.45, 7) is 1.36. The van der Waals surface area contributed by atoms with Gasteiger partial charge < -0.3 is 25.4 Å². The van der Waals surface area contributed by atoms with Crippen molar-refractivity contribution in [1.29, 1.82) is 0 Å². The number of hydrogen-bond donors (Lipinski definition) is 2. The number of rotatable bonds is 4. The van der Waals surface area contributed by atoms with Crippen molar-refractivity contribution in [3.05, 3.63) is 18.2 Å². The summed E-state index contributed by atoms with van der Waals surface area (Å²) < 4.78 is 10.6. The summed E-state index contributed by atoms with van der Waals surface area (Å²) in [5.74, 6) is 1.41. The summed E-state index contributed by atoms with van der Waals surface area (Å²) >= 11 is 0. The molecule has 19 heavy (non-hydrogen) atoms. The van der Waals surface area contributed by atoms with Crippen LogP contribution in [0.25, 0.3) is 0 Å². The Morgan fingerprint density at radius 3 is 2.84 bits per heavy atom. The van der Waals surface area contributed by atoms with Crippen molar-refractivity contribution in [1.82, 2.24) is 5.32 Å². The van der Waals surface area contributed by atoms with Crippen LogP contribution in [0.3, 0.4) is 0 Å². The first-order valence-corrected chi connectivity index (χ1v) is 6.14. The van der Waals surface area contributed by atoms with E-state index in [2.05, 4.69) is 5.32 Å². The van der Waals surface area contributed by atoms with Gasteiger partial charge in [-0.3, -0.25) is 4.79 Å². The molecule has 1 heterocycles. The van der Waals surface area contributed by atoms with Crippen LogP contribution in [0.1, 0.15) is 0 Å². The number of methoxy groups -OCH3 is 2. The van der Waals surface area contributed by atoms with E-state index in [1.165, 1.54) is 0 Å². The first-order chi connectivity index (χ1) is 9.17. The number of carbonyl (C=O) groups is 1. The average molecular weight is 265 g/mol. The molecular formula is C13H19N3O3. The lowest BCUT2D eigenvalue weighted by Gasteiger charge is -2.34. The van der Waals surface area contributed by atoms with Crippen LogP contribution in [0.15, 0.2) is 18.2 Å². The highest BCUT2D eigenvalue weighted by Gasteiger charge is 2.25. The number of nitrogens with two attached hydrogens (primary N) is 1. The number of anilines is 1. The van der Waals surface area contributed by atoms with Crippen molar-refractivity contribution in [2.75, 3.05) is 38.8 Å². The molecule has 6 heteroatoms. The normalized spacial score (nSPS) is 19.0. The van der Waals surface area contributed by atoms with Gasteiger partial charge in [-0.25, -0.2) is 0 Å². The second-order valence-electron chi connectivity index (χ2n) is 4.42. The zero-order valence-corrected chi connectivity index (χ0v) is 11.2. The van der Waals surface area contributed by atoms with E-state index in [0.29, 0.717) is 25.4 Å². The van der Waals surface area contributed by atoms with Crippen molar-refractivity contribution in [3.63, 3.8) is 0 Å². The highest BCUT2D eigenvalue weighted by molar-refractivity contribution is 5.84. The Morgan fingerprint density at radius 1 is 1.42 bits per heavy atom. The summed E-state index contributed by atoms with van der Waals surface area (Å²) in [6, 6.07) is 5.48. The van der Waals surface area contributed by atoms with E-state index in [1.807, 2.05) is 23.1 Å². The lowest BCUT2D eigenvalue weighted by atomic mass is 10.1. The molecule has 1 atom stereocenters. The number of amides is 1. The third-order valence-corrected chi connectivity index (χ3v) is 3.15. The zero-order valence-electron chi connectivity index (χ0n) is 11.2. The summed E-state index contributed by atoms with van der Waals surface area (Å²) in [4.78, 5) is 13.6. The van der Waals surface area contributed by atoms with Crippen molar-refractivity contribution < 1.29 is 14.3 Å². The van der Waals surface area contributed by atoms with Gasteiger partial charge in [0.2, 0.25) is 5.91 Å². The molecular weight excluding hydrogens is 246 g/mol. The monoisotopic (exact) mass is 265 g/mol. The number of nitrogens with one attached hydrogen (secondary N) is 1. The SMILES string of the molecule is COc1ccc(OC)c(N2CC(=O)NC(CN)C2)c1. The molecule has 1 aliphatic rings. The largest absolute Gasteiger partial charge is 0.497 e. The Labute approximate surface area is 112 Å². The number of benzene rings is 1. The Kier molecular flexibility index (Phi) is 4.11. The lowest BCUT2D eigenvalue weighted by Crippen LogP contribution is -2.56. The Morgan fingerprint density at radius 2 is 2.21 bits per heavy atom. The van der Waals surface area contributed by atoms with Crippen LogP contribution in [-0.2, 0) is 4.79 Å². The number of hydrogen-bond acceptors (Lipinski definition) is 5. The van der Waals surface area contributed by atoms with Crippen molar-refractivity contribution in [3.8, 4) is 11.5 Å². The van der Waals surface area contributed by atoms with Crippen molar-refractivity contribution in [2.24, 2.45) is 5.73 Å². The van der Waals surface area contributed by atoms with Gasteiger partial charge in [0.15, 0.2) is 0 Å². The smallest absolute Gasteiger partial charge is 0.239 e. The summed E-state index contributed by atoms with van der Waals surface area (Å²) in [6.07, 6.45) is 0.